The molecule has 1 aliphatic heterocycles. The standard InChI is InChI=1S/C15H15BrClNO2S/c1-18-15(13-3-4-14(17)21-13)9-7-11-12(8-10(9)16)20-6-2-5-19-11/h3-4,7-8,15,18H,2,5-6H2,1H3. The normalized spacial score (nSPS) is 15.6. The van der Waals surface area contributed by atoms with Crippen LogP contribution in [-0.4, -0.2) is 20.3 Å². The van der Waals surface area contributed by atoms with E-state index < -0.39 is 0 Å². The molecule has 1 aromatic carbocycles. The van der Waals surface area contributed by atoms with Crippen LogP contribution in [0.25, 0.3) is 0 Å². The quantitative estimate of drug-likeness (QED) is 0.831. The number of thiophene rings is 1. The van der Waals surface area contributed by atoms with Gasteiger partial charge in [0.05, 0.1) is 23.6 Å². The first kappa shape index (κ1) is 15.2. The number of rotatable bonds is 3. The average Bonchev–Trinajstić information content (AvgIpc) is 2.76. The Morgan fingerprint density at radius 1 is 1.24 bits per heavy atom. The van der Waals surface area contributed by atoms with Crippen molar-refractivity contribution in [3.05, 3.63) is 43.5 Å². The van der Waals surface area contributed by atoms with Gasteiger partial charge in [0.2, 0.25) is 0 Å². The predicted molar refractivity (Wildman–Crippen MR) is 90.0 cm³/mol. The van der Waals surface area contributed by atoms with E-state index in [1.165, 1.54) is 0 Å². The maximum Gasteiger partial charge on any atom is 0.162 e. The molecule has 21 heavy (non-hydrogen) atoms. The van der Waals surface area contributed by atoms with E-state index in [1.54, 1.807) is 11.3 Å². The van der Waals surface area contributed by atoms with Crippen molar-refractivity contribution in [1.82, 2.24) is 5.32 Å². The Labute approximate surface area is 141 Å². The van der Waals surface area contributed by atoms with Gasteiger partial charge in [-0.1, -0.05) is 27.5 Å². The fourth-order valence-electron chi connectivity index (χ4n) is 2.36. The third-order valence-electron chi connectivity index (χ3n) is 3.35. The molecule has 1 atom stereocenters. The van der Waals surface area contributed by atoms with E-state index in [1.807, 2.05) is 31.3 Å². The molecule has 1 unspecified atom stereocenters. The van der Waals surface area contributed by atoms with Crippen LogP contribution in [0.5, 0.6) is 11.5 Å². The van der Waals surface area contributed by atoms with E-state index in [9.17, 15) is 0 Å². The summed E-state index contributed by atoms with van der Waals surface area (Å²) < 4.78 is 13.3. The van der Waals surface area contributed by atoms with Crippen molar-refractivity contribution in [1.29, 1.82) is 0 Å². The van der Waals surface area contributed by atoms with E-state index >= 15 is 0 Å². The Hall–Kier alpha value is -0.750. The van der Waals surface area contributed by atoms with Crippen LogP contribution in [0.15, 0.2) is 28.7 Å². The average molecular weight is 389 g/mol. The van der Waals surface area contributed by atoms with Crippen molar-refractivity contribution in [3.8, 4) is 11.5 Å². The lowest BCUT2D eigenvalue weighted by Gasteiger charge is -2.19. The van der Waals surface area contributed by atoms with Crippen LogP contribution in [0.3, 0.4) is 0 Å². The van der Waals surface area contributed by atoms with E-state index in [-0.39, 0.29) is 6.04 Å². The van der Waals surface area contributed by atoms with Crippen LogP contribution in [0.2, 0.25) is 4.34 Å². The highest BCUT2D eigenvalue weighted by atomic mass is 79.9. The van der Waals surface area contributed by atoms with Crippen LogP contribution in [-0.2, 0) is 0 Å². The summed E-state index contributed by atoms with van der Waals surface area (Å²) in [4.78, 5) is 1.16. The first-order valence-corrected chi connectivity index (χ1v) is 8.69. The van der Waals surface area contributed by atoms with Gasteiger partial charge in [0.15, 0.2) is 11.5 Å². The number of nitrogens with one attached hydrogen (secondary N) is 1. The molecule has 0 amide bonds. The fraction of sp³-hybridized carbons (Fsp3) is 0.333. The number of hydrogen-bond acceptors (Lipinski definition) is 4. The van der Waals surface area contributed by atoms with Gasteiger partial charge in [-0.25, -0.2) is 0 Å². The molecule has 2 aromatic rings. The highest BCUT2D eigenvalue weighted by molar-refractivity contribution is 9.10. The van der Waals surface area contributed by atoms with Crippen molar-refractivity contribution in [2.75, 3.05) is 20.3 Å². The molecule has 0 fully saturated rings. The van der Waals surface area contributed by atoms with E-state index in [4.69, 9.17) is 21.1 Å². The summed E-state index contributed by atoms with van der Waals surface area (Å²) in [5, 5.41) is 3.34. The molecule has 3 rings (SSSR count). The first-order chi connectivity index (χ1) is 10.2. The zero-order chi connectivity index (χ0) is 14.8. The molecule has 1 aromatic heterocycles. The number of halogens is 2. The number of fused-ring (bicyclic) bond motifs is 1. The summed E-state index contributed by atoms with van der Waals surface area (Å²) in [5.74, 6) is 1.59. The third-order valence-corrected chi connectivity index (χ3v) is 5.33. The largest absolute Gasteiger partial charge is 0.490 e. The number of ether oxygens (including phenoxy) is 2. The van der Waals surface area contributed by atoms with Crippen molar-refractivity contribution in [3.63, 3.8) is 0 Å². The van der Waals surface area contributed by atoms with Gasteiger partial charge < -0.3 is 14.8 Å². The van der Waals surface area contributed by atoms with Gasteiger partial charge in [-0.15, -0.1) is 11.3 Å². The molecule has 0 aliphatic carbocycles. The molecule has 3 nitrogen and oxygen atoms in total. The van der Waals surface area contributed by atoms with Gasteiger partial charge in [0, 0.05) is 15.8 Å². The second kappa shape index (κ2) is 6.57. The van der Waals surface area contributed by atoms with Crippen molar-refractivity contribution in [2.24, 2.45) is 0 Å². The predicted octanol–water partition coefficient (Wildman–Crippen LogP) is 4.63. The van der Waals surface area contributed by atoms with Crippen molar-refractivity contribution >= 4 is 38.9 Å². The zero-order valence-electron chi connectivity index (χ0n) is 11.5. The van der Waals surface area contributed by atoms with Gasteiger partial charge in [-0.2, -0.15) is 0 Å². The maximum atomic E-state index is 6.06. The lowest BCUT2D eigenvalue weighted by Crippen LogP contribution is -2.17. The summed E-state index contributed by atoms with van der Waals surface area (Å²) in [7, 11) is 1.94. The lowest BCUT2D eigenvalue weighted by atomic mass is 10.0. The maximum absolute atomic E-state index is 6.06. The zero-order valence-corrected chi connectivity index (χ0v) is 14.6. The van der Waals surface area contributed by atoms with Crippen LogP contribution in [0, 0.1) is 0 Å². The monoisotopic (exact) mass is 387 g/mol. The van der Waals surface area contributed by atoms with Gasteiger partial charge in [-0.05, 0) is 36.9 Å². The molecular weight excluding hydrogens is 374 g/mol. The van der Waals surface area contributed by atoms with E-state index in [0.717, 1.165) is 37.2 Å². The Kier molecular flexibility index (Phi) is 4.74. The summed E-state index contributed by atoms with van der Waals surface area (Å²) in [6, 6.07) is 8.05. The SMILES string of the molecule is CNC(c1ccc(Cl)s1)c1cc2c(cc1Br)OCCCO2. The highest BCUT2D eigenvalue weighted by Crippen LogP contribution is 2.40. The van der Waals surface area contributed by atoms with E-state index in [2.05, 4.69) is 21.2 Å². The number of hydrogen-bond donors (Lipinski definition) is 1. The topological polar surface area (TPSA) is 30.5 Å². The summed E-state index contributed by atoms with van der Waals surface area (Å²) in [6.45, 7) is 1.37. The molecular formula is C15H15BrClNO2S. The van der Waals surface area contributed by atoms with Gasteiger partial charge in [-0.3, -0.25) is 0 Å². The summed E-state index contributed by atoms with van der Waals surface area (Å²) in [5.41, 5.74) is 1.11. The third kappa shape index (κ3) is 3.21. The van der Waals surface area contributed by atoms with Crippen LogP contribution < -0.4 is 14.8 Å². The minimum absolute atomic E-state index is 0.0639. The van der Waals surface area contributed by atoms with Gasteiger partial charge in [0.1, 0.15) is 0 Å². The molecule has 0 bridgehead atoms. The molecule has 1 N–H and O–H groups in total. The molecule has 0 spiro atoms. The second-order valence-corrected chi connectivity index (χ2v) is 7.34. The molecule has 112 valence electrons. The Bertz CT molecular complexity index is 647. The minimum Gasteiger partial charge on any atom is -0.490 e. The van der Waals surface area contributed by atoms with Crippen LogP contribution in [0.1, 0.15) is 22.9 Å². The summed E-state index contributed by atoms with van der Waals surface area (Å²) in [6.07, 6.45) is 0.900. The molecule has 0 saturated carbocycles. The molecule has 2 heterocycles. The summed E-state index contributed by atoms with van der Waals surface area (Å²) >= 11 is 11.3. The number of benzene rings is 1. The Morgan fingerprint density at radius 3 is 2.57 bits per heavy atom. The van der Waals surface area contributed by atoms with Gasteiger partial charge in [0.25, 0.3) is 0 Å². The lowest BCUT2D eigenvalue weighted by molar-refractivity contribution is 0.297. The van der Waals surface area contributed by atoms with E-state index in [0.29, 0.717) is 13.2 Å². The molecule has 6 heteroatoms. The minimum atomic E-state index is 0.0639. The fourth-order valence-corrected chi connectivity index (χ4v) is 4.10. The Balaban J connectivity index is 2.02. The second-order valence-electron chi connectivity index (χ2n) is 4.73. The molecule has 0 radical (unpaired) electrons. The van der Waals surface area contributed by atoms with Gasteiger partial charge >= 0.3 is 0 Å². The molecule has 1 aliphatic rings. The van der Waals surface area contributed by atoms with Crippen LogP contribution >= 0.6 is 38.9 Å². The van der Waals surface area contributed by atoms with Crippen LogP contribution in [0.4, 0.5) is 0 Å². The highest BCUT2D eigenvalue weighted by Gasteiger charge is 2.21. The van der Waals surface area contributed by atoms with Crippen molar-refractivity contribution in [2.45, 2.75) is 12.5 Å². The Morgan fingerprint density at radius 2 is 1.95 bits per heavy atom. The molecule has 0 saturated heterocycles. The van der Waals surface area contributed by atoms with Crippen molar-refractivity contribution < 1.29 is 9.47 Å². The first-order valence-electron chi connectivity index (χ1n) is 6.70. The smallest absolute Gasteiger partial charge is 0.162 e.